The highest BCUT2D eigenvalue weighted by Gasteiger charge is 2.24. The van der Waals surface area contributed by atoms with Crippen molar-refractivity contribution in [1.82, 2.24) is 14.8 Å². The Labute approximate surface area is 136 Å². The highest BCUT2D eigenvalue weighted by Crippen LogP contribution is 2.17. The van der Waals surface area contributed by atoms with Gasteiger partial charge in [0.2, 0.25) is 5.91 Å². The van der Waals surface area contributed by atoms with E-state index in [-0.39, 0.29) is 12.0 Å². The molecule has 0 aliphatic carbocycles. The maximum atomic E-state index is 12.4. The lowest BCUT2D eigenvalue weighted by molar-refractivity contribution is -0.133. The predicted molar refractivity (Wildman–Crippen MR) is 86.9 cm³/mol. The van der Waals surface area contributed by atoms with E-state index in [9.17, 15) is 4.79 Å². The van der Waals surface area contributed by atoms with Crippen LogP contribution < -0.4 is 0 Å². The predicted octanol–water partition coefficient (Wildman–Crippen LogP) is 2.05. The molecule has 0 bridgehead atoms. The fourth-order valence-corrected chi connectivity index (χ4v) is 3.82. The van der Waals surface area contributed by atoms with E-state index in [1.807, 2.05) is 11.8 Å². The van der Waals surface area contributed by atoms with Gasteiger partial charge in [-0.25, -0.2) is 4.98 Å². The highest BCUT2D eigenvalue weighted by molar-refractivity contribution is 7.09. The zero-order valence-corrected chi connectivity index (χ0v) is 14.1. The molecule has 1 amide bonds. The molecule has 22 heavy (non-hydrogen) atoms. The number of carbonyl (C=O) groups excluding carboxylic acids is 1. The van der Waals surface area contributed by atoms with Gasteiger partial charge in [0.25, 0.3) is 0 Å². The minimum Gasteiger partial charge on any atom is -0.378 e. The summed E-state index contributed by atoms with van der Waals surface area (Å²) >= 11 is 1.71. The maximum absolute atomic E-state index is 12.4. The summed E-state index contributed by atoms with van der Waals surface area (Å²) in [5.41, 5.74) is 1.15. The fraction of sp³-hybridized carbons (Fsp3) is 0.750. The first-order chi connectivity index (χ1) is 10.7. The molecule has 0 spiro atoms. The topological polar surface area (TPSA) is 45.7 Å². The van der Waals surface area contributed by atoms with Crippen LogP contribution in [0, 0.1) is 6.92 Å². The number of aromatic nitrogens is 1. The molecule has 0 radical (unpaired) electrons. The number of ether oxygens (including phenoxy) is 1. The summed E-state index contributed by atoms with van der Waals surface area (Å²) in [5.74, 6) is 0.262. The van der Waals surface area contributed by atoms with Crippen LogP contribution in [0.4, 0.5) is 0 Å². The van der Waals surface area contributed by atoms with Crippen LogP contribution in [0.1, 0.15) is 36.4 Å². The van der Waals surface area contributed by atoms with Crippen LogP contribution in [-0.4, -0.2) is 59.6 Å². The summed E-state index contributed by atoms with van der Waals surface area (Å²) in [5, 5.41) is 3.26. The van der Waals surface area contributed by atoms with Crippen LogP contribution in [0.3, 0.4) is 0 Å². The molecule has 0 N–H and O–H groups in total. The average molecular weight is 323 g/mol. The number of thiazole rings is 1. The van der Waals surface area contributed by atoms with Gasteiger partial charge in [-0.05, 0) is 26.2 Å². The normalized spacial score (nSPS) is 23.7. The standard InChI is InChI=1S/C16H25N3O2S/c1-13-17-14(12-22-13)11-18-5-3-6-19(8-7-18)16(20)10-15-4-2-9-21-15/h12,15H,2-11H2,1H3/t15-/m1/s1. The first-order valence-electron chi connectivity index (χ1n) is 8.23. The number of nitrogens with zero attached hydrogens (tertiary/aromatic N) is 3. The van der Waals surface area contributed by atoms with Gasteiger partial charge in [0, 0.05) is 44.7 Å². The van der Waals surface area contributed by atoms with Crippen molar-refractivity contribution in [3.63, 3.8) is 0 Å². The summed E-state index contributed by atoms with van der Waals surface area (Å²) in [7, 11) is 0. The summed E-state index contributed by atoms with van der Waals surface area (Å²) < 4.78 is 5.58. The summed E-state index contributed by atoms with van der Waals surface area (Å²) in [4.78, 5) is 21.4. The number of hydrogen-bond acceptors (Lipinski definition) is 5. The molecule has 1 aromatic heterocycles. The van der Waals surface area contributed by atoms with Crippen LogP contribution in [-0.2, 0) is 16.1 Å². The van der Waals surface area contributed by atoms with Crippen LogP contribution in [0.25, 0.3) is 0 Å². The first-order valence-corrected chi connectivity index (χ1v) is 9.11. The lowest BCUT2D eigenvalue weighted by atomic mass is 10.1. The lowest BCUT2D eigenvalue weighted by Crippen LogP contribution is -2.36. The molecule has 0 aromatic carbocycles. The highest BCUT2D eigenvalue weighted by atomic mass is 32.1. The average Bonchev–Trinajstić information content (AvgIpc) is 3.07. The molecule has 2 aliphatic heterocycles. The zero-order chi connectivity index (χ0) is 15.4. The van der Waals surface area contributed by atoms with Crippen molar-refractivity contribution in [3.8, 4) is 0 Å². The van der Waals surface area contributed by atoms with Gasteiger partial charge in [-0.15, -0.1) is 11.3 Å². The largest absolute Gasteiger partial charge is 0.378 e. The molecule has 5 nitrogen and oxygen atoms in total. The molecule has 3 rings (SSSR count). The molecule has 1 atom stereocenters. The summed E-state index contributed by atoms with van der Waals surface area (Å²) in [6.07, 6.45) is 3.89. The van der Waals surface area contributed by atoms with Crippen molar-refractivity contribution in [2.24, 2.45) is 0 Å². The minimum atomic E-state index is 0.157. The molecule has 0 saturated carbocycles. The quantitative estimate of drug-likeness (QED) is 0.851. The number of carbonyl (C=O) groups is 1. The summed E-state index contributed by atoms with van der Waals surface area (Å²) in [6, 6.07) is 0. The molecule has 6 heteroatoms. The first kappa shape index (κ1) is 15.9. The Kier molecular flexibility index (Phi) is 5.44. The van der Waals surface area contributed by atoms with Gasteiger partial charge in [-0.2, -0.15) is 0 Å². The monoisotopic (exact) mass is 323 g/mol. The van der Waals surface area contributed by atoms with Crippen molar-refractivity contribution >= 4 is 17.2 Å². The van der Waals surface area contributed by atoms with E-state index in [4.69, 9.17) is 4.74 Å². The lowest BCUT2D eigenvalue weighted by Gasteiger charge is -2.22. The molecule has 2 saturated heterocycles. The van der Waals surface area contributed by atoms with E-state index in [0.717, 1.165) is 69.3 Å². The van der Waals surface area contributed by atoms with Gasteiger partial charge in [0.15, 0.2) is 0 Å². The maximum Gasteiger partial charge on any atom is 0.225 e. The number of hydrogen-bond donors (Lipinski definition) is 0. The Hall–Kier alpha value is -0.980. The van der Waals surface area contributed by atoms with Crippen LogP contribution in [0.15, 0.2) is 5.38 Å². The van der Waals surface area contributed by atoms with Gasteiger partial charge in [-0.3, -0.25) is 9.69 Å². The van der Waals surface area contributed by atoms with Crippen molar-refractivity contribution in [1.29, 1.82) is 0 Å². The van der Waals surface area contributed by atoms with Crippen LogP contribution in [0.2, 0.25) is 0 Å². The van der Waals surface area contributed by atoms with Gasteiger partial charge in [0.05, 0.1) is 23.2 Å². The van der Waals surface area contributed by atoms with Gasteiger partial charge < -0.3 is 9.64 Å². The van der Waals surface area contributed by atoms with E-state index >= 15 is 0 Å². The van der Waals surface area contributed by atoms with Gasteiger partial charge >= 0.3 is 0 Å². The molecule has 1 aromatic rings. The Morgan fingerprint density at radius 2 is 2.27 bits per heavy atom. The number of rotatable bonds is 4. The van der Waals surface area contributed by atoms with Crippen LogP contribution >= 0.6 is 11.3 Å². The van der Waals surface area contributed by atoms with Crippen molar-refractivity contribution in [2.75, 3.05) is 32.8 Å². The molecule has 0 unspecified atom stereocenters. The van der Waals surface area contributed by atoms with Gasteiger partial charge in [0.1, 0.15) is 0 Å². The van der Waals surface area contributed by atoms with Crippen molar-refractivity contribution in [2.45, 2.75) is 45.3 Å². The van der Waals surface area contributed by atoms with Crippen molar-refractivity contribution < 1.29 is 9.53 Å². The Balaban J connectivity index is 1.47. The van der Waals surface area contributed by atoms with Crippen molar-refractivity contribution in [3.05, 3.63) is 16.1 Å². The molecule has 122 valence electrons. The van der Waals surface area contributed by atoms with Crippen LogP contribution in [0.5, 0.6) is 0 Å². The zero-order valence-electron chi connectivity index (χ0n) is 13.3. The smallest absolute Gasteiger partial charge is 0.225 e. The third kappa shape index (κ3) is 4.27. The Morgan fingerprint density at radius 3 is 3.00 bits per heavy atom. The van der Waals surface area contributed by atoms with E-state index in [1.165, 1.54) is 0 Å². The Bertz CT molecular complexity index is 499. The second-order valence-electron chi connectivity index (χ2n) is 6.21. The molecular weight excluding hydrogens is 298 g/mol. The number of aryl methyl sites for hydroxylation is 1. The van der Waals surface area contributed by atoms with E-state index in [0.29, 0.717) is 6.42 Å². The fourth-order valence-electron chi connectivity index (χ4n) is 3.22. The third-order valence-corrected chi connectivity index (χ3v) is 5.24. The third-order valence-electron chi connectivity index (χ3n) is 4.42. The minimum absolute atomic E-state index is 0.157. The van der Waals surface area contributed by atoms with Gasteiger partial charge in [-0.1, -0.05) is 0 Å². The van der Waals surface area contributed by atoms with E-state index in [2.05, 4.69) is 15.3 Å². The molecule has 2 fully saturated rings. The summed E-state index contributed by atoms with van der Waals surface area (Å²) in [6.45, 7) is 7.44. The van der Waals surface area contributed by atoms with E-state index in [1.54, 1.807) is 11.3 Å². The molecule has 3 heterocycles. The van der Waals surface area contributed by atoms with E-state index < -0.39 is 0 Å². The SMILES string of the molecule is Cc1nc(CN2CCCN(C(=O)C[C@H]3CCCO3)CC2)cs1. The molecule has 2 aliphatic rings. The molecular formula is C16H25N3O2S. The number of amides is 1. The Morgan fingerprint density at radius 1 is 1.36 bits per heavy atom. The second kappa shape index (κ2) is 7.53. The second-order valence-corrected chi connectivity index (χ2v) is 7.27.